The van der Waals surface area contributed by atoms with E-state index in [9.17, 15) is 14.9 Å². The van der Waals surface area contributed by atoms with Crippen molar-refractivity contribution in [3.63, 3.8) is 0 Å². The number of nitrogens with one attached hydrogen (secondary N) is 1. The van der Waals surface area contributed by atoms with Crippen molar-refractivity contribution in [2.24, 2.45) is 0 Å². The van der Waals surface area contributed by atoms with Crippen LogP contribution in [0.3, 0.4) is 0 Å². The summed E-state index contributed by atoms with van der Waals surface area (Å²) in [4.78, 5) is 22.3. The minimum absolute atomic E-state index is 0.102. The summed E-state index contributed by atoms with van der Waals surface area (Å²) in [6.07, 6.45) is 4.05. The zero-order valence-corrected chi connectivity index (χ0v) is 13.8. The quantitative estimate of drug-likeness (QED) is 0.531. The zero-order chi connectivity index (χ0) is 17.1. The van der Waals surface area contributed by atoms with E-state index < -0.39 is 4.92 Å². The Bertz CT molecular complexity index is 886. The number of carbonyl (C=O) groups is 1. The number of carbonyl (C=O) groups excluding carboxylic acids is 1. The monoisotopic (exact) mass is 390 g/mol. The maximum absolute atomic E-state index is 12.1. The second-order valence-electron chi connectivity index (χ2n) is 4.84. The Labute approximate surface area is 144 Å². The predicted octanol–water partition coefficient (Wildman–Crippen LogP) is 2.51. The number of halogens is 1. The molecule has 1 N–H and O–H groups in total. The average Bonchev–Trinajstić information content (AvgIpc) is 3.19. The summed E-state index contributed by atoms with van der Waals surface area (Å²) in [5.74, 6) is -0.345. The number of hydrogen-bond acceptors (Lipinski definition) is 5. The molecule has 3 rings (SSSR count). The molecule has 0 radical (unpaired) electrons. The van der Waals surface area contributed by atoms with Gasteiger partial charge < -0.3 is 5.32 Å². The van der Waals surface area contributed by atoms with Gasteiger partial charge in [-0.05, 0) is 30.3 Å². The summed E-state index contributed by atoms with van der Waals surface area (Å²) in [5.41, 5.74) is 0.787. The lowest BCUT2D eigenvalue weighted by Gasteiger charge is -2.03. The summed E-state index contributed by atoms with van der Waals surface area (Å²) < 4.78 is 3.74. The van der Waals surface area contributed by atoms with Crippen molar-refractivity contribution < 1.29 is 9.72 Å². The van der Waals surface area contributed by atoms with Crippen LogP contribution in [0.4, 0.5) is 11.4 Å². The van der Waals surface area contributed by atoms with Crippen LogP contribution in [0.25, 0.3) is 0 Å². The van der Waals surface area contributed by atoms with Gasteiger partial charge in [0, 0.05) is 16.4 Å². The van der Waals surface area contributed by atoms with Crippen molar-refractivity contribution in [3.8, 4) is 0 Å². The molecule has 1 amide bonds. The third-order valence-electron chi connectivity index (χ3n) is 3.10. The van der Waals surface area contributed by atoms with Gasteiger partial charge in [0.2, 0.25) is 0 Å². The molecule has 24 heavy (non-hydrogen) atoms. The Kier molecular flexibility index (Phi) is 4.38. The van der Waals surface area contributed by atoms with Gasteiger partial charge in [-0.25, -0.2) is 4.68 Å². The standard InChI is InChI=1S/C14H11BrN6O3/c15-10-1-3-11(4-2-10)17-14(22)13-5-6-19(18-13)9-20-8-12(7-16-20)21(23)24/h1-8H,9H2,(H,17,22). The molecule has 0 fully saturated rings. The van der Waals surface area contributed by atoms with E-state index in [4.69, 9.17) is 0 Å². The van der Waals surface area contributed by atoms with Crippen LogP contribution >= 0.6 is 15.9 Å². The molecule has 9 nitrogen and oxygen atoms in total. The molecule has 0 aliphatic carbocycles. The van der Waals surface area contributed by atoms with Crippen LogP contribution in [0.1, 0.15) is 10.5 Å². The molecule has 0 aliphatic rings. The lowest BCUT2D eigenvalue weighted by molar-refractivity contribution is -0.385. The van der Waals surface area contributed by atoms with Crippen LogP contribution in [-0.2, 0) is 6.67 Å². The van der Waals surface area contributed by atoms with Gasteiger partial charge in [-0.15, -0.1) is 0 Å². The first kappa shape index (κ1) is 15.9. The molecule has 0 spiro atoms. The summed E-state index contributed by atoms with van der Waals surface area (Å²) in [7, 11) is 0. The predicted molar refractivity (Wildman–Crippen MR) is 88.6 cm³/mol. The minimum Gasteiger partial charge on any atom is -0.321 e. The summed E-state index contributed by atoms with van der Waals surface area (Å²) in [5, 5.41) is 21.4. The van der Waals surface area contributed by atoms with Gasteiger partial charge in [-0.3, -0.25) is 19.6 Å². The van der Waals surface area contributed by atoms with E-state index in [0.717, 1.165) is 10.7 Å². The summed E-state index contributed by atoms with van der Waals surface area (Å²) in [6.45, 7) is 0.166. The number of nitrogens with zero attached hydrogens (tertiary/aromatic N) is 5. The first-order valence-corrected chi connectivity index (χ1v) is 7.58. The maximum atomic E-state index is 12.1. The number of benzene rings is 1. The van der Waals surface area contributed by atoms with Crippen molar-refractivity contribution in [3.05, 3.63) is 69.2 Å². The fourth-order valence-electron chi connectivity index (χ4n) is 1.96. The van der Waals surface area contributed by atoms with Gasteiger partial charge in [0.15, 0.2) is 5.69 Å². The SMILES string of the molecule is O=C(Nc1ccc(Br)cc1)c1ccn(Cn2cc([N+](=O)[O-])cn2)n1. The highest BCUT2D eigenvalue weighted by Crippen LogP contribution is 2.15. The van der Waals surface area contributed by atoms with E-state index in [1.54, 1.807) is 24.4 Å². The number of aromatic nitrogens is 4. The largest absolute Gasteiger partial charge is 0.321 e. The zero-order valence-electron chi connectivity index (χ0n) is 12.2. The van der Waals surface area contributed by atoms with Crippen molar-refractivity contribution in [1.29, 1.82) is 0 Å². The maximum Gasteiger partial charge on any atom is 0.307 e. The van der Waals surface area contributed by atoms with Crippen LogP contribution in [0.2, 0.25) is 0 Å². The van der Waals surface area contributed by atoms with Crippen LogP contribution in [-0.4, -0.2) is 30.4 Å². The fraction of sp³-hybridized carbons (Fsp3) is 0.0714. The molecule has 2 aromatic heterocycles. The lowest BCUT2D eigenvalue weighted by Crippen LogP contribution is -2.14. The molecule has 0 atom stereocenters. The number of nitro groups is 1. The topological polar surface area (TPSA) is 108 Å². The normalized spacial score (nSPS) is 10.5. The van der Waals surface area contributed by atoms with Gasteiger partial charge >= 0.3 is 5.69 Å². The highest BCUT2D eigenvalue weighted by molar-refractivity contribution is 9.10. The Balaban J connectivity index is 1.66. The highest BCUT2D eigenvalue weighted by Gasteiger charge is 2.12. The Morgan fingerprint density at radius 2 is 2.00 bits per heavy atom. The Hall–Kier alpha value is -3.01. The molecule has 0 saturated heterocycles. The van der Waals surface area contributed by atoms with Crippen molar-refractivity contribution in [1.82, 2.24) is 19.6 Å². The van der Waals surface area contributed by atoms with Crippen LogP contribution in [0.15, 0.2) is 53.4 Å². The van der Waals surface area contributed by atoms with Crippen LogP contribution < -0.4 is 5.32 Å². The fourth-order valence-corrected chi connectivity index (χ4v) is 2.23. The molecular weight excluding hydrogens is 380 g/mol. The van der Waals surface area contributed by atoms with E-state index in [0.29, 0.717) is 5.69 Å². The van der Waals surface area contributed by atoms with E-state index in [1.807, 2.05) is 12.1 Å². The van der Waals surface area contributed by atoms with Crippen molar-refractivity contribution in [2.45, 2.75) is 6.67 Å². The number of anilines is 1. The molecule has 0 saturated carbocycles. The van der Waals surface area contributed by atoms with Crippen molar-refractivity contribution >= 4 is 33.2 Å². The number of rotatable bonds is 5. The van der Waals surface area contributed by atoms with Crippen molar-refractivity contribution in [2.75, 3.05) is 5.32 Å². The second kappa shape index (κ2) is 6.62. The molecule has 122 valence electrons. The Morgan fingerprint density at radius 1 is 1.25 bits per heavy atom. The van der Waals surface area contributed by atoms with E-state index in [-0.39, 0.29) is 24.0 Å². The molecule has 0 unspecified atom stereocenters. The van der Waals surface area contributed by atoms with Gasteiger partial charge in [0.05, 0.1) is 4.92 Å². The van der Waals surface area contributed by atoms with Gasteiger partial charge in [0.1, 0.15) is 19.1 Å². The molecular formula is C14H11BrN6O3. The third kappa shape index (κ3) is 3.66. The highest BCUT2D eigenvalue weighted by atomic mass is 79.9. The van der Waals surface area contributed by atoms with E-state index in [1.165, 1.54) is 15.6 Å². The minimum atomic E-state index is -0.524. The van der Waals surface area contributed by atoms with Gasteiger partial charge in [-0.1, -0.05) is 15.9 Å². The smallest absolute Gasteiger partial charge is 0.307 e. The molecule has 0 aliphatic heterocycles. The lowest BCUT2D eigenvalue weighted by atomic mass is 10.3. The first-order chi connectivity index (χ1) is 11.5. The average molecular weight is 391 g/mol. The van der Waals surface area contributed by atoms with Crippen LogP contribution in [0.5, 0.6) is 0 Å². The van der Waals surface area contributed by atoms with Crippen LogP contribution in [0, 0.1) is 10.1 Å². The van der Waals surface area contributed by atoms with E-state index >= 15 is 0 Å². The second-order valence-corrected chi connectivity index (χ2v) is 5.75. The molecule has 10 heteroatoms. The number of hydrogen-bond donors (Lipinski definition) is 1. The first-order valence-electron chi connectivity index (χ1n) is 6.78. The molecule has 3 aromatic rings. The molecule has 1 aromatic carbocycles. The summed E-state index contributed by atoms with van der Waals surface area (Å²) >= 11 is 3.32. The third-order valence-corrected chi connectivity index (χ3v) is 3.62. The number of amides is 1. The van der Waals surface area contributed by atoms with Gasteiger partial charge in [0.25, 0.3) is 5.91 Å². The Morgan fingerprint density at radius 3 is 2.67 bits per heavy atom. The van der Waals surface area contributed by atoms with Gasteiger partial charge in [-0.2, -0.15) is 10.2 Å². The molecule has 0 bridgehead atoms. The van der Waals surface area contributed by atoms with E-state index in [2.05, 4.69) is 31.4 Å². The summed E-state index contributed by atoms with van der Waals surface area (Å²) in [6, 6.07) is 8.73. The molecule has 2 heterocycles.